The SMILES string of the molecule is Cc1cc#ccc1-c1c(C)c2c3ccccc3c3ccccc3c2n1-c1cc2ccccc2c(-c2ccc3oc4c(c3c2)CCC=C4)n1. The number of hydrogen-bond donors (Lipinski definition) is 0. The van der Waals surface area contributed by atoms with Crippen LogP contribution in [0.1, 0.15) is 28.9 Å². The number of pyridine rings is 1. The molecule has 10 rings (SSSR count). The van der Waals surface area contributed by atoms with Gasteiger partial charge in [-0.25, -0.2) is 4.98 Å². The summed E-state index contributed by atoms with van der Waals surface area (Å²) in [6.07, 6.45) is 6.33. The third-order valence-electron chi connectivity index (χ3n) is 10.2. The Balaban J connectivity index is 1.36. The van der Waals surface area contributed by atoms with Gasteiger partial charge in [-0.05, 0) is 102 Å². The molecular weight excluding hydrogens is 585 g/mol. The van der Waals surface area contributed by atoms with Gasteiger partial charge in [-0.15, -0.1) is 0 Å². The number of rotatable bonds is 3. The molecule has 48 heavy (non-hydrogen) atoms. The van der Waals surface area contributed by atoms with Crippen molar-refractivity contribution in [2.75, 3.05) is 0 Å². The van der Waals surface area contributed by atoms with Crippen LogP contribution < -0.4 is 0 Å². The van der Waals surface area contributed by atoms with Gasteiger partial charge in [-0.3, -0.25) is 4.57 Å². The predicted molar refractivity (Wildman–Crippen MR) is 199 cm³/mol. The summed E-state index contributed by atoms with van der Waals surface area (Å²) in [5, 5.41) is 9.66. The van der Waals surface area contributed by atoms with Crippen molar-refractivity contribution < 1.29 is 4.42 Å². The van der Waals surface area contributed by atoms with Gasteiger partial charge < -0.3 is 4.42 Å². The Morgan fingerprint density at radius 2 is 1.46 bits per heavy atom. The lowest BCUT2D eigenvalue weighted by atomic mass is 9.95. The van der Waals surface area contributed by atoms with Crippen molar-refractivity contribution in [1.82, 2.24) is 9.55 Å². The maximum Gasteiger partial charge on any atom is 0.138 e. The number of allylic oxidation sites excluding steroid dienone is 1. The Kier molecular flexibility index (Phi) is 5.74. The van der Waals surface area contributed by atoms with Crippen LogP contribution >= 0.6 is 0 Å². The second-order valence-corrected chi connectivity index (χ2v) is 12.9. The minimum atomic E-state index is 0.890. The second-order valence-electron chi connectivity index (χ2n) is 12.9. The second kappa shape index (κ2) is 10.2. The first-order valence-corrected chi connectivity index (χ1v) is 16.6. The highest BCUT2D eigenvalue weighted by atomic mass is 16.3. The molecule has 0 fully saturated rings. The van der Waals surface area contributed by atoms with Gasteiger partial charge in [-0.1, -0.05) is 91.0 Å². The number of nitrogens with zero attached hydrogens (tertiary/aromatic N) is 2. The molecule has 3 heterocycles. The molecule has 0 aliphatic heterocycles. The van der Waals surface area contributed by atoms with E-state index < -0.39 is 0 Å². The number of benzene rings is 5. The summed E-state index contributed by atoms with van der Waals surface area (Å²) >= 11 is 0. The van der Waals surface area contributed by atoms with E-state index in [9.17, 15) is 0 Å². The molecule has 1 aliphatic rings. The van der Waals surface area contributed by atoms with Crippen LogP contribution in [0.25, 0.3) is 88.6 Å². The Morgan fingerprint density at radius 1 is 0.729 bits per heavy atom. The molecule has 3 heteroatoms. The molecule has 0 spiro atoms. The van der Waals surface area contributed by atoms with Gasteiger partial charge in [-0.2, -0.15) is 0 Å². The first kappa shape index (κ1) is 27.0. The number of furan rings is 1. The molecule has 0 amide bonds. The number of aryl methyl sites for hydroxylation is 3. The van der Waals surface area contributed by atoms with Crippen LogP contribution in [0.5, 0.6) is 0 Å². The van der Waals surface area contributed by atoms with Crippen LogP contribution in [-0.2, 0) is 6.42 Å². The highest BCUT2D eigenvalue weighted by Gasteiger charge is 2.25. The summed E-state index contributed by atoms with van der Waals surface area (Å²) in [7, 11) is 0. The molecule has 226 valence electrons. The van der Waals surface area contributed by atoms with Gasteiger partial charge in [0.1, 0.15) is 17.2 Å². The summed E-state index contributed by atoms with van der Waals surface area (Å²) in [5.41, 5.74) is 10.1. The van der Waals surface area contributed by atoms with Crippen molar-refractivity contribution in [2.24, 2.45) is 0 Å². The summed E-state index contributed by atoms with van der Waals surface area (Å²) in [5.74, 6) is 1.87. The Morgan fingerprint density at radius 3 is 2.29 bits per heavy atom. The average molecular weight is 615 g/mol. The van der Waals surface area contributed by atoms with Crippen LogP contribution in [0.4, 0.5) is 0 Å². The number of fused-ring (bicyclic) bond motifs is 10. The van der Waals surface area contributed by atoms with E-state index in [1.807, 2.05) is 6.07 Å². The summed E-state index contributed by atoms with van der Waals surface area (Å²) < 4.78 is 8.66. The maximum atomic E-state index is 6.25. The highest BCUT2D eigenvalue weighted by molar-refractivity contribution is 6.27. The molecule has 0 unspecified atom stereocenters. The van der Waals surface area contributed by atoms with Crippen molar-refractivity contribution in [2.45, 2.75) is 26.7 Å². The fourth-order valence-electron chi connectivity index (χ4n) is 8.04. The van der Waals surface area contributed by atoms with Crippen LogP contribution in [0.15, 0.2) is 120 Å². The Hall–Kier alpha value is -6.11. The van der Waals surface area contributed by atoms with Gasteiger partial charge in [0.15, 0.2) is 0 Å². The molecule has 3 aromatic heterocycles. The number of aromatic nitrogens is 2. The lowest BCUT2D eigenvalue weighted by Crippen LogP contribution is -2.03. The standard InChI is InChI=1S/C45H30N2O/c1-27-13-3-5-15-31(27)44-28(2)42-36-20-9-7-17-33(36)34-18-8-10-21-37(34)45(42)47(44)41-26-29-14-4-6-16-32(29)43(46-41)30-23-24-40-38(25-30)35-19-11-12-22-39(35)48-40/h4,6-10,12-18,20-26H,11,19H2,1-2H3. The van der Waals surface area contributed by atoms with Crippen molar-refractivity contribution in [1.29, 1.82) is 0 Å². The lowest BCUT2D eigenvalue weighted by molar-refractivity contribution is 0.595. The van der Waals surface area contributed by atoms with E-state index in [1.54, 1.807) is 0 Å². The van der Waals surface area contributed by atoms with E-state index in [4.69, 9.17) is 9.40 Å². The van der Waals surface area contributed by atoms with Gasteiger partial charge in [0.05, 0.1) is 16.9 Å². The van der Waals surface area contributed by atoms with Crippen LogP contribution in [-0.4, -0.2) is 9.55 Å². The van der Waals surface area contributed by atoms with E-state index in [2.05, 4.69) is 146 Å². The van der Waals surface area contributed by atoms with E-state index in [1.165, 1.54) is 49.0 Å². The molecule has 0 N–H and O–H groups in total. The smallest absolute Gasteiger partial charge is 0.138 e. The fourth-order valence-corrected chi connectivity index (χ4v) is 8.04. The molecule has 3 nitrogen and oxygen atoms in total. The van der Waals surface area contributed by atoms with Crippen LogP contribution in [0.3, 0.4) is 0 Å². The van der Waals surface area contributed by atoms with E-state index in [-0.39, 0.29) is 0 Å². The Labute approximate surface area is 278 Å². The zero-order valence-corrected chi connectivity index (χ0v) is 26.8. The molecule has 9 aromatic rings. The topological polar surface area (TPSA) is 31.0 Å². The molecular formula is C45H30N2O. The first-order valence-electron chi connectivity index (χ1n) is 16.6. The van der Waals surface area contributed by atoms with Gasteiger partial charge >= 0.3 is 0 Å². The van der Waals surface area contributed by atoms with Crippen molar-refractivity contribution >= 4 is 60.3 Å². The molecule has 0 saturated heterocycles. The minimum Gasteiger partial charge on any atom is -0.456 e. The third kappa shape index (κ3) is 3.81. The van der Waals surface area contributed by atoms with E-state index in [0.29, 0.717) is 0 Å². The molecule has 0 radical (unpaired) electrons. The largest absolute Gasteiger partial charge is 0.456 e. The van der Waals surface area contributed by atoms with Crippen molar-refractivity contribution in [3.63, 3.8) is 0 Å². The third-order valence-corrected chi connectivity index (χ3v) is 10.2. The molecule has 0 bridgehead atoms. The van der Waals surface area contributed by atoms with Crippen molar-refractivity contribution in [3.05, 3.63) is 150 Å². The summed E-state index contributed by atoms with van der Waals surface area (Å²) in [6.45, 7) is 4.42. The zero-order chi connectivity index (χ0) is 31.9. The zero-order valence-electron chi connectivity index (χ0n) is 26.8. The predicted octanol–water partition coefficient (Wildman–Crippen LogP) is 11.7. The van der Waals surface area contributed by atoms with Gasteiger partial charge in [0.2, 0.25) is 0 Å². The van der Waals surface area contributed by atoms with E-state index >= 15 is 0 Å². The number of hydrogen-bond acceptors (Lipinski definition) is 2. The molecule has 0 atom stereocenters. The minimum absolute atomic E-state index is 0.890. The lowest BCUT2D eigenvalue weighted by Gasteiger charge is -2.17. The summed E-state index contributed by atoms with van der Waals surface area (Å²) in [4.78, 5) is 5.61. The average Bonchev–Trinajstić information content (AvgIpc) is 3.66. The first-order chi connectivity index (χ1) is 23.7. The summed E-state index contributed by atoms with van der Waals surface area (Å²) in [6, 6.07) is 45.5. The normalized spacial score (nSPS) is 12.8. The molecule has 6 aromatic carbocycles. The fraction of sp³-hybridized carbons (Fsp3) is 0.0889. The van der Waals surface area contributed by atoms with E-state index in [0.717, 1.165) is 68.9 Å². The van der Waals surface area contributed by atoms with Crippen molar-refractivity contribution in [3.8, 4) is 28.3 Å². The van der Waals surface area contributed by atoms with Crippen LogP contribution in [0, 0.1) is 26.0 Å². The quantitative estimate of drug-likeness (QED) is 0.185. The highest BCUT2D eigenvalue weighted by Crippen LogP contribution is 2.45. The van der Waals surface area contributed by atoms with Gasteiger partial charge in [0.25, 0.3) is 0 Å². The monoisotopic (exact) mass is 614 g/mol. The maximum absolute atomic E-state index is 6.25. The molecule has 1 aliphatic carbocycles. The van der Waals surface area contributed by atoms with Gasteiger partial charge in [0, 0.05) is 38.2 Å². The Bertz CT molecular complexity index is 2810. The van der Waals surface area contributed by atoms with Crippen LogP contribution in [0.2, 0.25) is 0 Å². The molecule has 0 saturated carbocycles.